The number of amidine groups is 1. The third kappa shape index (κ3) is 9.85. The van der Waals surface area contributed by atoms with Crippen LogP contribution in [0.3, 0.4) is 0 Å². The first-order valence-electron chi connectivity index (χ1n) is 8.57. The number of anilines is 1. The van der Waals surface area contributed by atoms with Crippen molar-refractivity contribution in [1.82, 2.24) is 15.8 Å². The maximum absolute atomic E-state index is 12.7. The zero-order valence-corrected chi connectivity index (χ0v) is 18.3. The van der Waals surface area contributed by atoms with Crippen molar-refractivity contribution in [2.45, 2.75) is 38.2 Å². The average molecular weight is 452 g/mol. The third-order valence-electron chi connectivity index (χ3n) is 3.01. The molecule has 10 nitrogen and oxygen atoms in total. The summed E-state index contributed by atoms with van der Waals surface area (Å²) in [5, 5.41) is 10.7. The Morgan fingerprint density at radius 1 is 1.48 bits per heavy atom. The molecule has 1 atom stereocenters. The Hall–Kier alpha value is -1.99. The summed E-state index contributed by atoms with van der Waals surface area (Å²) in [4.78, 5) is 32.6. The molecule has 3 N–H and O–H groups in total. The summed E-state index contributed by atoms with van der Waals surface area (Å²) in [6.07, 6.45) is 3.74. The minimum absolute atomic E-state index is 0.0644. The molecule has 0 saturated carbocycles. The second kappa shape index (κ2) is 12.5. The highest BCUT2D eigenvalue weighted by molar-refractivity contribution is 8.00. The molecule has 1 unspecified atom stereocenters. The van der Waals surface area contributed by atoms with Crippen LogP contribution in [0.25, 0.3) is 0 Å². The van der Waals surface area contributed by atoms with Gasteiger partial charge in [-0.3, -0.25) is 20.5 Å². The highest BCUT2D eigenvalue weighted by atomic mass is 32.2. The molecule has 0 saturated heterocycles. The highest BCUT2D eigenvalue weighted by Crippen LogP contribution is 2.22. The van der Waals surface area contributed by atoms with Crippen molar-refractivity contribution in [3.05, 3.63) is 12.5 Å². The van der Waals surface area contributed by atoms with Crippen molar-refractivity contribution in [1.29, 1.82) is 0 Å². The Morgan fingerprint density at radius 2 is 2.21 bits per heavy atom. The lowest BCUT2D eigenvalue weighted by Gasteiger charge is -2.24. The van der Waals surface area contributed by atoms with E-state index in [1.807, 2.05) is 0 Å². The number of aromatic nitrogens is 1. The summed E-state index contributed by atoms with van der Waals surface area (Å²) in [5.74, 6) is -0.175. The molecule has 0 aliphatic rings. The molecule has 0 fully saturated rings. The molecule has 0 aromatic carbocycles. The number of aliphatic imine (C=N–C) groups is 1. The third-order valence-corrected chi connectivity index (χ3v) is 4.84. The number of rotatable bonds is 10. The quantitative estimate of drug-likeness (QED) is 0.123. The van der Waals surface area contributed by atoms with E-state index in [0.29, 0.717) is 5.75 Å². The molecule has 1 aromatic rings. The summed E-state index contributed by atoms with van der Waals surface area (Å²) in [7, 11) is 0. The molecule has 0 bridgehead atoms. The highest BCUT2D eigenvalue weighted by Gasteiger charge is 2.26. The zero-order chi connectivity index (χ0) is 21.9. The number of hydroxylamine groups is 1. The number of oxazole rings is 1. The van der Waals surface area contributed by atoms with Crippen LogP contribution in [0.2, 0.25) is 0 Å². The minimum Gasteiger partial charge on any atom is -0.444 e. The van der Waals surface area contributed by atoms with Crippen LogP contribution in [0.5, 0.6) is 0 Å². The van der Waals surface area contributed by atoms with E-state index in [1.165, 1.54) is 28.5 Å². The molecular weight excluding hydrogens is 425 g/mol. The summed E-state index contributed by atoms with van der Waals surface area (Å²) in [5.41, 5.74) is 0.969. The first-order valence-corrected chi connectivity index (χ1v) is 10.8. The van der Waals surface area contributed by atoms with Crippen LogP contribution in [0.4, 0.5) is 15.2 Å². The Bertz CT molecular complexity index is 663. The van der Waals surface area contributed by atoms with Gasteiger partial charge in [0.15, 0.2) is 5.84 Å². The molecule has 13 heteroatoms. The predicted molar refractivity (Wildman–Crippen MR) is 111 cm³/mol. The van der Waals surface area contributed by atoms with E-state index >= 15 is 0 Å². The lowest BCUT2D eigenvalue weighted by molar-refractivity contribution is -0.117. The van der Waals surface area contributed by atoms with Gasteiger partial charge in [-0.15, -0.1) is 11.8 Å². The van der Waals surface area contributed by atoms with E-state index in [4.69, 9.17) is 14.4 Å². The Labute approximate surface area is 177 Å². The van der Waals surface area contributed by atoms with Gasteiger partial charge in [0.25, 0.3) is 0 Å². The first-order chi connectivity index (χ1) is 13.7. The van der Waals surface area contributed by atoms with Crippen LogP contribution in [0, 0.1) is 0 Å². The van der Waals surface area contributed by atoms with Crippen molar-refractivity contribution in [3.8, 4) is 0 Å². The molecule has 29 heavy (non-hydrogen) atoms. The predicted octanol–water partition coefficient (Wildman–Crippen LogP) is 2.61. The van der Waals surface area contributed by atoms with Gasteiger partial charge in [0.05, 0.1) is 24.5 Å². The van der Waals surface area contributed by atoms with Crippen LogP contribution >= 0.6 is 23.7 Å². The molecule has 164 valence electrons. The first kappa shape index (κ1) is 25.0. The lowest BCUT2D eigenvalue weighted by atomic mass is 10.2. The number of thioether (sulfide) groups is 1. The number of hydrogen-bond acceptors (Lipinski definition) is 9. The fraction of sp³-hybridized carbons (Fsp3) is 0.625. The Morgan fingerprint density at radius 3 is 2.72 bits per heavy atom. The molecule has 0 aliphatic heterocycles. The van der Waals surface area contributed by atoms with Crippen molar-refractivity contribution < 1.29 is 28.3 Å². The van der Waals surface area contributed by atoms with Gasteiger partial charge in [0, 0.05) is 12.0 Å². The molecule has 1 aromatic heterocycles. The van der Waals surface area contributed by atoms with Crippen molar-refractivity contribution in [2.75, 3.05) is 29.5 Å². The van der Waals surface area contributed by atoms with Crippen LogP contribution in [-0.2, 0) is 9.53 Å². The van der Waals surface area contributed by atoms with Gasteiger partial charge < -0.3 is 14.5 Å². The number of carbonyl (C=O) groups is 2. The second-order valence-electron chi connectivity index (χ2n) is 6.47. The van der Waals surface area contributed by atoms with Gasteiger partial charge in [0.1, 0.15) is 18.5 Å². The van der Waals surface area contributed by atoms with Crippen LogP contribution < -0.4 is 15.1 Å². The number of nitrogens with zero attached hydrogens (tertiary/aromatic N) is 3. The smallest absolute Gasteiger partial charge is 0.408 e. The minimum atomic E-state index is -0.932. The number of amides is 2. The Balaban J connectivity index is 2.76. The molecule has 2 amide bonds. The molecule has 1 heterocycles. The van der Waals surface area contributed by atoms with Gasteiger partial charge >= 0.3 is 12.1 Å². The molecule has 0 aliphatic carbocycles. The average Bonchev–Trinajstić information content (AvgIpc) is 3.15. The number of carbonyl (C=O) groups excluding carboxylic acids is 2. The summed E-state index contributed by atoms with van der Waals surface area (Å²) in [6.45, 7) is 4.43. The Kier molecular flexibility index (Phi) is 10.8. The van der Waals surface area contributed by atoms with E-state index in [0.717, 1.165) is 11.9 Å². The molecule has 0 radical (unpaired) electrons. The number of nitrogens with one attached hydrogen (secondary N) is 2. The number of hydrogen-bond donors (Lipinski definition) is 3. The topological polar surface area (TPSA) is 129 Å². The van der Waals surface area contributed by atoms with Crippen LogP contribution in [-0.4, -0.2) is 64.2 Å². The molecule has 1 rings (SSSR count). The second-order valence-corrected chi connectivity index (χ2v) is 8.51. The standard InChI is InChI=1S/C16H26FN5O5S2/c1-16(2,3)27-15(24)20-12(29-8-6-18-11(10-17)21-25)9-13(23)22(28-4)14-19-5-7-26-14/h5,7,12,25H,6,8-10H2,1-4H3,(H,18,21)(H,20,24). The van der Waals surface area contributed by atoms with Crippen molar-refractivity contribution in [3.63, 3.8) is 0 Å². The van der Waals surface area contributed by atoms with Gasteiger partial charge in [-0.1, -0.05) is 0 Å². The van der Waals surface area contributed by atoms with Gasteiger partial charge in [0.2, 0.25) is 5.91 Å². The molecular formula is C16H26FN5O5S2. The number of alkyl halides is 1. The fourth-order valence-electron chi connectivity index (χ4n) is 1.92. The molecule has 0 spiro atoms. The van der Waals surface area contributed by atoms with E-state index in [2.05, 4.69) is 15.3 Å². The number of alkyl carbamates (subject to hydrolysis) is 1. The maximum atomic E-state index is 12.7. The van der Waals surface area contributed by atoms with Gasteiger partial charge in [-0.25, -0.2) is 18.5 Å². The maximum Gasteiger partial charge on any atom is 0.408 e. The largest absolute Gasteiger partial charge is 0.444 e. The van der Waals surface area contributed by atoms with E-state index in [1.54, 1.807) is 32.5 Å². The summed E-state index contributed by atoms with van der Waals surface area (Å²) in [6, 6.07) is 0.134. The van der Waals surface area contributed by atoms with E-state index in [-0.39, 0.29) is 30.7 Å². The normalized spacial score (nSPS) is 13.0. The fourth-order valence-corrected chi connectivity index (χ4v) is 3.36. The van der Waals surface area contributed by atoms with Gasteiger partial charge in [-0.2, -0.15) is 0 Å². The number of halogens is 1. The van der Waals surface area contributed by atoms with E-state index in [9.17, 15) is 14.0 Å². The van der Waals surface area contributed by atoms with Crippen molar-refractivity contribution >= 4 is 47.6 Å². The summed E-state index contributed by atoms with van der Waals surface area (Å²) >= 11 is 2.35. The summed E-state index contributed by atoms with van der Waals surface area (Å²) < 4.78 is 24.2. The monoisotopic (exact) mass is 451 g/mol. The van der Waals surface area contributed by atoms with E-state index < -0.39 is 23.7 Å². The van der Waals surface area contributed by atoms with Crippen molar-refractivity contribution in [2.24, 2.45) is 4.99 Å². The van der Waals surface area contributed by atoms with Crippen LogP contribution in [0.1, 0.15) is 27.2 Å². The van der Waals surface area contributed by atoms with Crippen LogP contribution in [0.15, 0.2) is 21.9 Å². The SMILES string of the molecule is CSN(C(=O)CC(NC(=O)OC(C)(C)C)SCCN=C(CF)NO)c1ncco1. The lowest BCUT2D eigenvalue weighted by Crippen LogP contribution is -2.40. The zero-order valence-electron chi connectivity index (χ0n) is 16.7. The number of ether oxygens (including phenoxy) is 1. The van der Waals surface area contributed by atoms with Gasteiger partial charge in [-0.05, 0) is 32.7 Å².